The molecular formula is C32H32N2O5. The molecule has 4 aromatic rings. The predicted molar refractivity (Wildman–Crippen MR) is 150 cm³/mol. The van der Waals surface area contributed by atoms with Crippen molar-refractivity contribution in [2.45, 2.75) is 39.2 Å². The van der Waals surface area contributed by atoms with E-state index in [0.29, 0.717) is 42.3 Å². The summed E-state index contributed by atoms with van der Waals surface area (Å²) in [5.41, 5.74) is 3.76. The Kier molecular flexibility index (Phi) is 9.29. The number of carbonyl (C=O) groups excluding carboxylic acids is 1. The number of nitrogens with one attached hydrogen (secondary N) is 1. The van der Waals surface area contributed by atoms with Crippen molar-refractivity contribution in [3.8, 4) is 17.2 Å². The van der Waals surface area contributed by atoms with Crippen LogP contribution in [0.3, 0.4) is 0 Å². The highest BCUT2D eigenvalue weighted by Crippen LogP contribution is 2.22. The van der Waals surface area contributed by atoms with Crippen LogP contribution >= 0.6 is 0 Å². The van der Waals surface area contributed by atoms with Gasteiger partial charge in [0.2, 0.25) is 5.89 Å². The fraction of sp³-hybridized carbons (Fsp3) is 0.219. The lowest BCUT2D eigenvalue weighted by Crippen LogP contribution is -2.38. The second-order valence-electron chi connectivity index (χ2n) is 9.12. The SMILES string of the molecule is CC/C(=C\C(=O)c1ccccc1)N[C@@H](Cc1ccc(OCCc2nc(-c3ccccc3)oc2C)cc1)C(=O)O. The first kappa shape index (κ1) is 27.4. The van der Waals surface area contributed by atoms with Gasteiger partial charge < -0.3 is 19.6 Å². The van der Waals surface area contributed by atoms with E-state index in [-0.39, 0.29) is 12.2 Å². The quantitative estimate of drug-likeness (QED) is 0.163. The van der Waals surface area contributed by atoms with Crippen molar-refractivity contribution in [1.82, 2.24) is 10.3 Å². The van der Waals surface area contributed by atoms with Crippen molar-refractivity contribution in [3.63, 3.8) is 0 Å². The van der Waals surface area contributed by atoms with Crippen LogP contribution in [0, 0.1) is 6.92 Å². The van der Waals surface area contributed by atoms with Crippen LogP contribution in [0.1, 0.15) is 40.7 Å². The van der Waals surface area contributed by atoms with E-state index in [1.165, 1.54) is 6.08 Å². The molecule has 0 bridgehead atoms. The lowest BCUT2D eigenvalue weighted by Gasteiger charge is -2.18. The molecule has 1 aromatic heterocycles. The standard InChI is InChI=1S/C32H32N2O5/c1-3-26(21-30(35)24-10-6-4-7-11-24)33-29(32(36)37)20-23-14-16-27(17-15-23)38-19-18-28-22(2)39-31(34-28)25-12-8-5-9-13-25/h4-17,21,29,33H,3,18-20H2,1-2H3,(H,36,37)/b26-21+/t29-/m0/s1. The van der Waals surface area contributed by atoms with Gasteiger partial charge in [-0.15, -0.1) is 0 Å². The summed E-state index contributed by atoms with van der Waals surface area (Å²) in [5.74, 6) is 0.901. The Morgan fingerprint density at radius 1 is 1.00 bits per heavy atom. The second-order valence-corrected chi connectivity index (χ2v) is 9.12. The Morgan fingerprint density at radius 3 is 2.31 bits per heavy atom. The molecule has 1 heterocycles. The lowest BCUT2D eigenvalue weighted by atomic mass is 10.0. The summed E-state index contributed by atoms with van der Waals surface area (Å²) >= 11 is 0. The number of benzene rings is 3. The average Bonchev–Trinajstić information content (AvgIpc) is 3.34. The molecule has 0 spiro atoms. The van der Waals surface area contributed by atoms with E-state index < -0.39 is 12.0 Å². The van der Waals surface area contributed by atoms with Crippen molar-refractivity contribution in [2.24, 2.45) is 0 Å². The zero-order valence-electron chi connectivity index (χ0n) is 22.1. The number of allylic oxidation sites excluding steroid dienone is 2. The summed E-state index contributed by atoms with van der Waals surface area (Å²) in [7, 11) is 0. The molecule has 0 saturated carbocycles. The van der Waals surface area contributed by atoms with Crippen LogP contribution in [0.2, 0.25) is 0 Å². The largest absolute Gasteiger partial charge is 0.493 e. The minimum absolute atomic E-state index is 0.164. The fourth-order valence-corrected chi connectivity index (χ4v) is 4.10. The molecule has 7 nitrogen and oxygen atoms in total. The zero-order chi connectivity index (χ0) is 27.6. The number of ether oxygens (including phenoxy) is 1. The van der Waals surface area contributed by atoms with Crippen molar-refractivity contribution in [3.05, 3.63) is 119 Å². The maximum Gasteiger partial charge on any atom is 0.326 e. The van der Waals surface area contributed by atoms with Gasteiger partial charge in [-0.1, -0.05) is 67.6 Å². The van der Waals surface area contributed by atoms with Crippen LogP contribution in [0.5, 0.6) is 5.75 Å². The first-order valence-corrected chi connectivity index (χ1v) is 13.0. The predicted octanol–water partition coefficient (Wildman–Crippen LogP) is 6.03. The van der Waals surface area contributed by atoms with E-state index in [0.717, 1.165) is 22.6 Å². The summed E-state index contributed by atoms with van der Waals surface area (Å²) < 4.78 is 11.7. The Labute approximate surface area is 228 Å². The van der Waals surface area contributed by atoms with Crippen LogP contribution in [0.4, 0.5) is 0 Å². The smallest absolute Gasteiger partial charge is 0.326 e. The minimum atomic E-state index is -0.986. The number of nitrogens with zero attached hydrogens (tertiary/aromatic N) is 1. The molecule has 0 saturated heterocycles. The fourth-order valence-electron chi connectivity index (χ4n) is 4.10. The number of aromatic nitrogens is 1. The number of carbonyl (C=O) groups is 2. The Morgan fingerprint density at radius 2 is 1.67 bits per heavy atom. The highest BCUT2D eigenvalue weighted by atomic mass is 16.5. The highest BCUT2D eigenvalue weighted by Gasteiger charge is 2.19. The number of hydrogen-bond donors (Lipinski definition) is 2. The molecule has 2 N–H and O–H groups in total. The summed E-state index contributed by atoms with van der Waals surface area (Å²) in [5, 5.41) is 12.8. The monoisotopic (exact) mass is 524 g/mol. The molecule has 0 fully saturated rings. The molecule has 0 unspecified atom stereocenters. The van der Waals surface area contributed by atoms with Crippen LogP contribution in [-0.4, -0.2) is 34.5 Å². The van der Waals surface area contributed by atoms with E-state index >= 15 is 0 Å². The third-order valence-corrected chi connectivity index (χ3v) is 6.29. The highest BCUT2D eigenvalue weighted by molar-refractivity contribution is 6.04. The van der Waals surface area contributed by atoms with Gasteiger partial charge in [0, 0.05) is 35.7 Å². The van der Waals surface area contributed by atoms with Gasteiger partial charge >= 0.3 is 5.97 Å². The van der Waals surface area contributed by atoms with E-state index in [4.69, 9.17) is 9.15 Å². The minimum Gasteiger partial charge on any atom is -0.493 e. The summed E-state index contributed by atoms with van der Waals surface area (Å²) in [6, 6.07) is 25.2. The van der Waals surface area contributed by atoms with E-state index in [1.807, 2.05) is 74.5 Å². The summed E-state index contributed by atoms with van der Waals surface area (Å²) in [4.78, 5) is 29.1. The van der Waals surface area contributed by atoms with Gasteiger partial charge in [0.25, 0.3) is 0 Å². The third-order valence-electron chi connectivity index (χ3n) is 6.29. The Balaban J connectivity index is 1.32. The molecule has 0 amide bonds. The van der Waals surface area contributed by atoms with Crippen molar-refractivity contribution >= 4 is 11.8 Å². The number of carboxylic acid groups (broad SMARTS) is 1. The third kappa shape index (κ3) is 7.68. The van der Waals surface area contributed by atoms with Gasteiger partial charge in [0.1, 0.15) is 17.6 Å². The first-order valence-electron chi connectivity index (χ1n) is 13.0. The summed E-state index contributed by atoms with van der Waals surface area (Å²) in [6.07, 6.45) is 2.84. The number of aryl methyl sites for hydroxylation is 1. The summed E-state index contributed by atoms with van der Waals surface area (Å²) in [6.45, 7) is 4.21. The Hall–Kier alpha value is -4.65. The number of hydrogen-bond acceptors (Lipinski definition) is 6. The molecule has 200 valence electrons. The Bertz CT molecular complexity index is 1410. The van der Waals surface area contributed by atoms with Gasteiger partial charge in [-0.25, -0.2) is 9.78 Å². The molecule has 0 aliphatic heterocycles. The van der Waals surface area contributed by atoms with Gasteiger partial charge in [0.15, 0.2) is 5.78 Å². The number of aliphatic carboxylic acids is 1. The van der Waals surface area contributed by atoms with Crippen LogP contribution in [-0.2, 0) is 17.6 Å². The molecule has 4 rings (SSSR count). The van der Waals surface area contributed by atoms with Crippen LogP contribution in [0.15, 0.2) is 101 Å². The average molecular weight is 525 g/mol. The normalized spacial score (nSPS) is 12.1. The molecular weight excluding hydrogens is 492 g/mol. The molecule has 3 aromatic carbocycles. The maximum atomic E-state index is 12.5. The number of ketones is 1. The second kappa shape index (κ2) is 13.2. The van der Waals surface area contributed by atoms with Crippen molar-refractivity contribution in [1.29, 1.82) is 0 Å². The molecule has 7 heteroatoms. The lowest BCUT2D eigenvalue weighted by molar-refractivity contribution is -0.139. The number of oxazole rings is 1. The van der Waals surface area contributed by atoms with Crippen molar-refractivity contribution < 1.29 is 23.8 Å². The van der Waals surface area contributed by atoms with E-state index in [1.54, 1.807) is 24.3 Å². The van der Waals surface area contributed by atoms with Gasteiger partial charge in [-0.2, -0.15) is 0 Å². The zero-order valence-corrected chi connectivity index (χ0v) is 22.1. The molecule has 1 atom stereocenters. The van der Waals surface area contributed by atoms with Crippen molar-refractivity contribution in [2.75, 3.05) is 6.61 Å². The van der Waals surface area contributed by atoms with Gasteiger partial charge in [-0.3, -0.25) is 4.79 Å². The molecule has 0 aliphatic carbocycles. The van der Waals surface area contributed by atoms with Gasteiger partial charge in [-0.05, 0) is 43.2 Å². The molecule has 39 heavy (non-hydrogen) atoms. The first-order chi connectivity index (χ1) is 18.9. The van der Waals surface area contributed by atoms with Crippen LogP contribution < -0.4 is 10.1 Å². The van der Waals surface area contributed by atoms with E-state index in [9.17, 15) is 14.7 Å². The molecule has 0 aliphatic rings. The topological polar surface area (TPSA) is 102 Å². The number of rotatable bonds is 13. The van der Waals surface area contributed by atoms with E-state index in [2.05, 4.69) is 10.3 Å². The maximum absolute atomic E-state index is 12.5. The molecule has 0 radical (unpaired) electrons. The number of carboxylic acids is 1. The van der Waals surface area contributed by atoms with Crippen LogP contribution in [0.25, 0.3) is 11.5 Å². The van der Waals surface area contributed by atoms with Gasteiger partial charge in [0.05, 0.1) is 12.3 Å².